The van der Waals surface area contributed by atoms with Crippen LogP contribution in [0.3, 0.4) is 0 Å². The Balaban J connectivity index is 1.60. The Bertz CT molecular complexity index is 768. The van der Waals surface area contributed by atoms with E-state index < -0.39 is 0 Å². The summed E-state index contributed by atoms with van der Waals surface area (Å²) in [6.07, 6.45) is 3.20. The lowest BCUT2D eigenvalue weighted by Crippen LogP contribution is -2.30. The molecule has 4 rings (SSSR count). The smallest absolute Gasteiger partial charge is 0.236 e. The summed E-state index contributed by atoms with van der Waals surface area (Å²) in [4.78, 5) is 25.6. The molecule has 0 spiro atoms. The maximum Gasteiger partial charge on any atom is 0.236 e. The summed E-state index contributed by atoms with van der Waals surface area (Å²) in [5.74, 6) is 0.771. The zero-order chi connectivity index (χ0) is 15.4. The highest BCUT2D eigenvalue weighted by Gasteiger charge is 2.41. The summed E-state index contributed by atoms with van der Waals surface area (Å²) < 4.78 is 0. The molecule has 2 aromatic rings. The molecule has 7 heteroatoms. The first-order chi connectivity index (χ1) is 10.5. The number of amides is 1. The molecule has 1 amide bonds. The van der Waals surface area contributed by atoms with Crippen molar-refractivity contribution in [2.75, 3.05) is 12.3 Å². The van der Waals surface area contributed by atoms with E-state index in [4.69, 9.17) is 5.73 Å². The lowest BCUT2D eigenvalue weighted by molar-refractivity contribution is -0.127. The predicted octanol–water partition coefficient (Wildman–Crippen LogP) is 2.75. The second-order valence-electron chi connectivity index (χ2n) is 6.01. The molecule has 1 aliphatic heterocycles. The van der Waals surface area contributed by atoms with E-state index >= 15 is 0 Å². The highest BCUT2D eigenvalue weighted by atomic mass is 32.2. The number of nitrogens with zero attached hydrogens (tertiary/aromatic N) is 3. The zero-order valence-corrected chi connectivity index (χ0v) is 14.3. The third-order valence-electron chi connectivity index (χ3n) is 4.46. The molecule has 22 heavy (non-hydrogen) atoms. The van der Waals surface area contributed by atoms with Crippen molar-refractivity contribution < 1.29 is 4.79 Å². The summed E-state index contributed by atoms with van der Waals surface area (Å²) in [5, 5.41) is 1.53. The number of carbonyl (C=O) groups excluding carboxylic acids is 1. The van der Waals surface area contributed by atoms with Crippen molar-refractivity contribution in [1.29, 1.82) is 0 Å². The van der Waals surface area contributed by atoms with Crippen LogP contribution in [0, 0.1) is 13.8 Å². The Kier molecular flexibility index (Phi) is 3.30. The second-order valence-corrected chi connectivity index (χ2v) is 8.39. The van der Waals surface area contributed by atoms with Crippen LogP contribution >= 0.6 is 23.1 Å². The summed E-state index contributed by atoms with van der Waals surface area (Å²) in [7, 11) is 0. The van der Waals surface area contributed by atoms with Crippen LogP contribution in [-0.2, 0) is 4.79 Å². The van der Waals surface area contributed by atoms with Crippen LogP contribution in [0.2, 0.25) is 0 Å². The number of nitrogen functional groups attached to an aromatic ring is 1. The van der Waals surface area contributed by atoms with Crippen LogP contribution in [0.1, 0.15) is 29.7 Å². The van der Waals surface area contributed by atoms with E-state index in [1.54, 1.807) is 11.3 Å². The molecule has 0 aromatic carbocycles. The van der Waals surface area contributed by atoms with Gasteiger partial charge in [0.1, 0.15) is 10.6 Å². The van der Waals surface area contributed by atoms with E-state index in [1.807, 2.05) is 4.90 Å². The number of thiophene rings is 1. The number of hydrogen-bond donors (Lipinski definition) is 1. The van der Waals surface area contributed by atoms with E-state index in [2.05, 4.69) is 23.8 Å². The predicted molar refractivity (Wildman–Crippen MR) is 90.3 cm³/mol. The summed E-state index contributed by atoms with van der Waals surface area (Å²) >= 11 is 3.11. The molecule has 1 unspecified atom stereocenters. The third kappa shape index (κ3) is 2.27. The molecule has 1 atom stereocenters. The standard InChI is InChI=1S/C15H18N4OS2/c1-7-8(2)21-13-11(7)12(16)17-15(18-13)22-10-5-6-19(14(10)20)9-3-4-9/h9-10H,3-6H2,1-2H3,(H2,16,17,18). The van der Waals surface area contributed by atoms with Crippen molar-refractivity contribution in [2.24, 2.45) is 0 Å². The number of anilines is 1. The van der Waals surface area contributed by atoms with Gasteiger partial charge in [0.25, 0.3) is 0 Å². The number of hydrogen-bond acceptors (Lipinski definition) is 6. The van der Waals surface area contributed by atoms with E-state index in [0.29, 0.717) is 17.0 Å². The average molecular weight is 334 g/mol. The van der Waals surface area contributed by atoms with E-state index in [1.165, 1.54) is 16.6 Å². The van der Waals surface area contributed by atoms with Gasteiger partial charge in [-0.3, -0.25) is 4.79 Å². The Hall–Kier alpha value is -1.34. The third-order valence-corrected chi connectivity index (χ3v) is 6.68. The highest BCUT2D eigenvalue weighted by molar-refractivity contribution is 8.00. The fourth-order valence-electron chi connectivity index (χ4n) is 2.97. The number of nitrogens with two attached hydrogens (primary N) is 1. The van der Waals surface area contributed by atoms with Gasteiger partial charge in [-0.1, -0.05) is 11.8 Å². The van der Waals surface area contributed by atoms with Gasteiger partial charge in [0.2, 0.25) is 5.91 Å². The van der Waals surface area contributed by atoms with E-state index in [0.717, 1.165) is 41.6 Å². The minimum atomic E-state index is -0.0559. The van der Waals surface area contributed by atoms with Crippen molar-refractivity contribution in [3.05, 3.63) is 10.4 Å². The lowest BCUT2D eigenvalue weighted by atomic mass is 10.2. The minimum Gasteiger partial charge on any atom is -0.383 e. The van der Waals surface area contributed by atoms with Crippen LogP contribution in [0.5, 0.6) is 0 Å². The van der Waals surface area contributed by atoms with Crippen LogP contribution in [0.15, 0.2) is 5.16 Å². The Morgan fingerprint density at radius 1 is 1.27 bits per heavy atom. The maximum atomic E-state index is 12.4. The first-order valence-corrected chi connectivity index (χ1v) is 9.24. The zero-order valence-electron chi connectivity index (χ0n) is 12.6. The van der Waals surface area contributed by atoms with Gasteiger partial charge < -0.3 is 10.6 Å². The molecule has 5 nitrogen and oxygen atoms in total. The van der Waals surface area contributed by atoms with Crippen LogP contribution in [-0.4, -0.2) is 38.6 Å². The molecular formula is C15H18N4OS2. The lowest BCUT2D eigenvalue weighted by Gasteiger charge is -2.14. The van der Waals surface area contributed by atoms with Crippen molar-refractivity contribution in [3.8, 4) is 0 Å². The van der Waals surface area contributed by atoms with Gasteiger partial charge in [-0.25, -0.2) is 9.97 Å². The quantitative estimate of drug-likeness (QED) is 0.874. The van der Waals surface area contributed by atoms with Gasteiger partial charge in [0, 0.05) is 17.5 Å². The molecule has 3 heterocycles. The monoisotopic (exact) mass is 334 g/mol. The number of aryl methyl sites for hydroxylation is 2. The average Bonchev–Trinajstić information content (AvgIpc) is 3.18. The molecule has 2 N–H and O–H groups in total. The molecule has 1 aliphatic carbocycles. The second kappa shape index (κ2) is 5.09. The van der Waals surface area contributed by atoms with Gasteiger partial charge in [0.15, 0.2) is 5.16 Å². The maximum absolute atomic E-state index is 12.4. The topological polar surface area (TPSA) is 72.1 Å². The van der Waals surface area contributed by atoms with E-state index in [-0.39, 0.29) is 11.2 Å². The normalized spacial score (nSPS) is 22.0. The number of thioether (sulfide) groups is 1. The number of likely N-dealkylation sites (tertiary alicyclic amines) is 1. The van der Waals surface area contributed by atoms with Crippen LogP contribution < -0.4 is 5.73 Å². The molecule has 1 saturated carbocycles. The molecule has 1 saturated heterocycles. The Labute approximate surface area is 137 Å². The van der Waals surface area contributed by atoms with Crippen LogP contribution in [0.25, 0.3) is 10.2 Å². The number of fused-ring (bicyclic) bond motifs is 1. The molecule has 0 bridgehead atoms. The first kappa shape index (κ1) is 14.3. The van der Waals surface area contributed by atoms with Gasteiger partial charge in [-0.05, 0) is 38.7 Å². The number of carbonyl (C=O) groups is 1. The number of rotatable bonds is 3. The minimum absolute atomic E-state index is 0.0559. The number of aromatic nitrogens is 2. The van der Waals surface area contributed by atoms with Crippen molar-refractivity contribution in [2.45, 2.75) is 49.6 Å². The van der Waals surface area contributed by atoms with Gasteiger partial charge in [-0.15, -0.1) is 11.3 Å². The summed E-state index contributed by atoms with van der Waals surface area (Å²) in [6, 6.07) is 0.495. The molecule has 0 radical (unpaired) electrons. The highest BCUT2D eigenvalue weighted by Crippen LogP contribution is 2.38. The summed E-state index contributed by atoms with van der Waals surface area (Å²) in [5.41, 5.74) is 7.27. The van der Waals surface area contributed by atoms with Crippen molar-refractivity contribution in [3.63, 3.8) is 0 Å². The molecule has 116 valence electrons. The van der Waals surface area contributed by atoms with Gasteiger partial charge in [-0.2, -0.15) is 0 Å². The fraction of sp³-hybridized carbons (Fsp3) is 0.533. The molecule has 2 aromatic heterocycles. The van der Waals surface area contributed by atoms with E-state index in [9.17, 15) is 4.79 Å². The van der Waals surface area contributed by atoms with Gasteiger partial charge in [0.05, 0.1) is 10.6 Å². The molecular weight excluding hydrogens is 316 g/mol. The Morgan fingerprint density at radius 3 is 2.77 bits per heavy atom. The van der Waals surface area contributed by atoms with Crippen molar-refractivity contribution >= 4 is 45.0 Å². The fourth-order valence-corrected chi connectivity index (χ4v) is 5.08. The molecule has 2 fully saturated rings. The molecule has 2 aliphatic rings. The first-order valence-electron chi connectivity index (χ1n) is 7.55. The van der Waals surface area contributed by atoms with Gasteiger partial charge >= 0.3 is 0 Å². The van der Waals surface area contributed by atoms with Crippen LogP contribution in [0.4, 0.5) is 5.82 Å². The SMILES string of the molecule is Cc1sc2nc(SC3CCN(C4CC4)C3=O)nc(N)c2c1C. The summed E-state index contributed by atoms with van der Waals surface area (Å²) in [6.45, 7) is 4.99. The Morgan fingerprint density at radius 2 is 2.05 bits per heavy atom. The van der Waals surface area contributed by atoms with Crippen molar-refractivity contribution in [1.82, 2.24) is 14.9 Å². The largest absolute Gasteiger partial charge is 0.383 e.